The monoisotopic (exact) mass is 287 g/mol. The molecule has 2 rings (SSSR count). The van der Waals surface area contributed by atoms with Gasteiger partial charge in [0.05, 0.1) is 0 Å². The fourth-order valence-corrected chi connectivity index (χ4v) is 1.52. The molecule has 1 heterocycles. The molecule has 0 saturated heterocycles. The molecule has 0 radical (unpaired) electrons. The second-order valence-electron chi connectivity index (χ2n) is 2.47. The van der Waals surface area contributed by atoms with Crippen LogP contribution >= 0.6 is 22.6 Å². The highest BCUT2D eigenvalue weighted by Gasteiger charge is 2.05. The largest absolute Gasteiger partial charge is 0.365 e. The molecular weight excluding hydrogens is 281 g/mol. The van der Waals surface area contributed by atoms with Crippen LogP contribution in [-0.4, -0.2) is 10.1 Å². The Morgan fingerprint density at radius 2 is 2.23 bits per heavy atom. The van der Waals surface area contributed by atoms with E-state index in [-0.39, 0.29) is 5.95 Å². The van der Waals surface area contributed by atoms with E-state index in [2.05, 4.69) is 32.7 Å². The highest BCUT2D eigenvalue weighted by molar-refractivity contribution is 14.1. The van der Waals surface area contributed by atoms with Gasteiger partial charge in [0.2, 0.25) is 0 Å². The van der Waals surface area contributed by atoms with Gasteiger partial charge in [-0.25, -0.2) is 0 Å². The van der Waals surface area contributed by atoms with Crippen LogP contribution in [0.15, 0.2) is 28.8 Å². The summed E-state index contributed by atoms with van der Waals surface area (Å²) in [6.07, 6.45) is 0. The minimum atomic E-state index is 0.161. The molecule has 1 aromatic heterocycles. The van der Waals surface area contributed by atoms with Crippen LogP contribution in [0.5, 0.6) is 0 Å². The number of hydrogen-bond acceptors (Lipinski definition) is 4. The van der Waals surface area contributed by atoms with Crippen LogP contribution in [0.4, 0.5) is 5.95 Å². The molecule has 0 saturated carbocycles. The number of benzene rings is 1. The Kier molecular flexibility index (Phi) is 2.17. The molecular formula is C8H6IN3O. The summed E-state index contributed by atoms with van der Waals surface area (Å²) < 4.78 is 6.03. The van der Waals surface area contributed by atoms with Crippen molar-refractivity contribution in [2.24, 2.45) is 0 Å². The summed E-state index contributed by atoms with van der Waals surface area (Å²) in [4.78, 5) is 3.92. The lowest BCUT2D eigenvalue weighted by atomic mass is 10.2. The molecule has 66 valence electrons. The van der Waals surface area contributed by atoms with Gasteiger partial charge >= 0.3 is 0 Å². The first-order chi connectivity index (χ1) is 6.25. The number of aromatic nitrogens is 2. The Bertz CT molecular complexity index is 427. The minimum absolute atomic E-state index is 0.161. The Hall–Kier alpha value is -1.11. The predicted octanol–water partition coefficient (Wildman–Crippen LogP) is 1.92. The SMILES string of the molecule is Nc1noc(-c2cccc(I)c2)n1. The van der Waals surface area contributed by atoms with Crippen LogP contribution in [0.2, 0.25) is 0 Å². The molecule has 13 heavy (non-hydrogen) atoms. The maximum Gasteiger partial charge on any atom is 0.261 e. The number of hydrogen-bond donors (Lipinski definition) is 1. The number of halogens is 1. The van der Waals surface area contributed by atoms with E-state index in [1.807, 2.05) is 24.3 Å². The molecule has 0 fully saturated rings. The lowest BCUT2D eigenvalue weighted by Crippen LogP contribution is -1.85. The van der Waals surface area contributed by atoms with Crippen molar-refractivity contribution in [2.75, 3.05) is 5.73 Å². The third-order valence-corrected chi connectivity index (χ3v) is 2.18. The fraction of sp³-hybridized carbons (Fsp3) is 0. The van der Waals surface area contributed by atoms with Crippen molar-refractivity contribution in [3.8, 4) is 11.5 Å². The van der Waals surface area contributed by atoms with E-state index in [1.165, 1.54) is 0 Å². The van der Waals surface area contributed by atoms with Crippen molar-refractivity contribution in [2.45, 2.75) is 0 Å². The first kappa shape index (κ1) is 8.49. The van der Waals surface area contributed by atoms with Gasteiger partial charge in [0.1, 0.15) is 0 Å². The molecule has 0 amide bonds. The van der Waals surface area contributed by atoms with Crippen LogP contribution in [0, 0.1) is 3.57 Å². The zero-order chi connectivity index (χ0) is 9.26. The van der Waals surface area contributed by atoms with Crippen LogP contribution < -0.4 is 5.73 Å². The molecule has 0 aliphatic heterocycles. The van der Waals surface area contributed by atoms with Crippen LogP contribution in [-0.2, 0) is 0 Å². The van der Waals surface area contributed by atoms with Crippen molar-refractivity contribution in [3.05, 3.63) is 27.8 Å². The van der Waals surface area contributed by atoms with Gasteiger partial charge in [-0.05, 0) is 45.9 Å². The molecule has 2 aromatic rings. The second-order valence-corrected chi connectivity index (χ2v) is 3.71. The molecule has 0 atom stereocenters. The van der Waals surface area contributed by atoms with Gasteiger partial charge in [-0.2, -0.15) is 4.98 Å². The van der Waals surface area contributed by atoms with Crippen LogP contribution in [0.3, 0.4) is 0 Å². The summed E-state index contributed by atoms with van der Waals surface area (Å²) >= 11 is 2.22. The number of nitrogen functional groups attached to an aromatic ring is 1. The van der Waals surface area contributed by atoms with Gasteiger partial charge < -0.3 is 10.3 Å². The van der Waals surface area contributed by atoms with Gasteiger partial charge in [0.25, 0.3) is 11.8 Å². The summed E-state index contributed by atoms with van der Waals surface area (Å²) in [6.45, 7) is 0. The zero-order valence-electron chi connectivity index (χ0n) is 6.57. The molecule has 0 unspecified atom stereocenters. The number of rotatable bonds is 1. The van der Waals surface area contributed by atoms with Crippen molar-refractivity contribution in [3.63, 3.8) is 0 Å². The smallest absolute Gasteiger partial charge is 0.261 e. The van der Waals surface area contributed by atoms with E-state index < -0.39 is 0 Å². The number of nitrogens with zero attached hydrogens (tertiary/aromatic N) is 2. The van der Waals surface area contributed by atoms with Gasteiger partial charge in [-0.3, -0.25) is 0 Å². The average molecular weight is 287 g/mol. The lowest BCUT2D eigenvalue weighted by molar-refractivity contribution is 0.433. The highest BCUT2D eigenvalue weighted by Crippen LogP contribution is 2.19. The maximum absolute atomic E-state index is 5.34. The fourth-order valence-electron chi connectivity index (χ4n) is 0.974. The van der Waals surface area contributed by atoms with E-state index in [0.29, 0.717) is 5.89 Å². The lowest BCUT2D eigenvalue weighted by Gasteiger charge is -1.93. The van der Waals surface area contributed by atoms with E-state index in [9.17, 15) is 0 Å². The van der Waals surface area contributed by atoms with Crippen LogP contribution in [0.25, 0.3) is 11.5 Å². The van der Waals surface area contributed by atoms with Crippen molar-refractivity contribution in [1.82, 2.24) is 10.1 Å². The maximum atomic E-state index is 5.34. The molecule has 0 bridgehead atoms. The topological polar surface area (TPSA) is 64.9 Å². The first-order valence-electron chi connectivity index (χ1n) is 3.61. The number of anilines is 1. The molecule has 2 N–H and O–H groups in total. The second kappa shape index (κ2) is 3.33. The normalized spacial score (nSPS) is 10.2. The van der Waals surface area contributed by atoms with Crippen molar-refractivity contribution in [1.29, 1.82) is 0 Å². The molecule has 0 aliphatic carbocycles. The highest BCUT2D eigenvalue weighted by atomic mass is 127. The van der Waals surface area contributed by atoms with E-state index in [0.717, 1.165) is 9.13 Å². The van der Waals surface area contributed by atoms with Crippen LogP contribution in [0.1, 0.15) is 0 Å². The quantitative estimate of drug-likeness (QED) is 0.814. The standard InChI is InChI=1S/C8H6IN3O/c9-6-3-1-2-5(4-6)7-11-8(10)12-13-7/h1-4H,(H2,10,12). The molecule has 0 spiro atoms. The predicted molar refractivity (Wildman–Crippen MR) is 56.9 cm³/mol. The number of nitrogens with two attached hydrogens (primary N) is 1. The van der Waals surface area contributed by atoms with E-state index >= 15 is 0 Å². The summed E-state index contributed by atoms with van der Waals surface area (Å²) in [6, 6.07) is 7.77. The summed E-state index contributed by atoms with van der Waals surface area (Å²) in [5, 5.41) is 3.51. The van der Waals surface area contributed by atoms with Crippen molar-refractivity contribution < 1.29 is 4.52 Å². The third-order valence-electron chi connectivity index (χ3n) is 1.51. The molecule has 4 nitrogen and oxygen atoms in total. The summed E-state index contributed by atoms with van der Waals surface area (Å²) in [5.74, 6) is 0.616. The summed E-state index contributed by atoms with van der Waals surface area (Å²) in [5.41, 5.74) is 6.22. The Morgan fingerprint density at radius 1 is 1.38 bits per heavy atom. The zero-order valence-corrected chi connectivity index (χ0v) is 8.72. The average Bonchev–Trinajstić information content (AvgIpc) is 2.52. The van der Waals surface area contributed by atoms with E-state index in [4.69, 9.17) is 10.3 Å². The molecule has 0 aliphatic rings. The van der Waals surface area contributed by atoms with Gasteiger partial charge in [0, 0.05) is 9.13 Å². The Labute approximate surface area is 88.3 Å². The van der Waals surface area contributed by atoms with Gasteiger partial charge in [0.15, 0.2) is 0 Å². The van der Waals surface area contributed by atoms with Gasteiger partial charge in [-0.15, -0.1) is 0 Å². The Balaban J connectivity index is 2.46. The Morgan fingerprint density at radius 3 is 2.85 bits per heavy atom. The third kappa shape index (κ3) is 1.80. The molecule has 1 aromatic carbocycles. The summed E-state index contributed by atoms with van der Waals surface area (Å²) in [7, 11) is 0. The first-order valence-corrected chi connectivity index (χ1v) is 4.69. The van der Waals surface area contributed by atoms with E-state index in [1.54, 1.807) is 0 Å². The molecule has 5 heteroatoms. The van der Waals surface area contributed by atoms with Crippen molar-refractivity contribution >= 4 is 28.5 Å². The van der Waals surface area contributed by atoms with Gasteiger partial charge in [-0.1, -0.05) is 6.07 Å². The minimum Gasteiger partial charge on any atom is -0.365 e.